The third-order valence-corrected chi connectivity index (χ3v) is 8.61. The van der Waals surface area contributed by atoms with Gasteiger partial charge in [-0.1, -0.05) is 34.1 Å². The fourth-order valence-corrected chi connectivity index (χ4v) is 6.02. The highest BCUT2D eigenvalue weighted by molar-refractivity contribution is 7.38. The molecule has 0 heterocycles. The molecule has 46 heavy (non-hydrogen) atoms. The van der Waals surface area contributed by atoms with Gasteiger partial charge in [-0.2, -0.15) is 0 Å². The zero-order chi connectivity index (χ0) is 35.3. The first-order valence-corrected chi connectivity index (χ1v) is 17.1. The third-order valence-electron chi connectivity index (χ3n) is 7.38. The fourth-order valence-electron chi connectivity index (χ4n) is 4.97. The van der Waals surface area contributed by atoms with Gasteiger partial charge in [-0.3, -0.25) is 24.0 Å². The maximum absolute atomic E-state index is 13.4. The zero-order valence-corrected chi connectivity index (χ0v) is 29.7. The molecule has 15 nitrogen and oxygen atoms in total. The number of unbranched alkanes of at least 4 members (excludes halogenated alkanes) is 1. The molecule has 0 fully saturated rings. The van der Waals surface area contributed by atoms with E-state index in [4.69, 9.17) is 11.6 Å². The van der Waals surface area contributed by atoms with Crippen LogP contribution in [0.2, 0.25) is 0 Å². The van der Waals surface area contributed by atoms with Crippen molar-refractivity contribution in [2.24, 2.45) is 22.9 Å². The van der Waals surface area contributed by atoms with Crippen LogP contribution in [0, 0.1) is 11.3 Å². The highest BCUT2D eigenvalue weighted by Crippen LogP contribution is 2.32. The predicted molar refractivity (Wildman–Crippen MR) is 181 cm³/mol. The number of likely N-dealkylation sites (N-methyl/N-ethyl adjacent to an activating group) is 3. The Morgan fingerprint density at radius 2 is 1.70 bits per heavy atom. The Morgan fingerprint density at radius 3 is 2.26 bits per heavy atom. The van der Waals surface area contributed by atoms with Crippen LogP contribution in [0.1, 0.15) is 53.4 Å². The van der Waals surface area contributed by atoms with Crippen molar-refractivity contribution in [1.82, 2.24) is 36.1 Å². The van der Waals surface area contributed by atoms with Crippen molar-refractivity contribution in [3.8, 4) is 0 Å². The summed E-state index contributed by atoms with van der Waals surface area (Å²) in [6.45, 7) is 8.54. The number of hydrogen-bond donors (Lipinski definition) is 6. The maximum atomic E-state index is 13.4. The SMILES string of the molecule is CCC(=O)N(C)C[C@@H](NC)C(=O)N(C)CCPC/C(N)=C/N(N)C(C(CCCCNC=O)C(=O)NCC(=O)NCC=O)C(C)(C)C. The summed E-state index contributed by atoms with van der Waals surface area (Å²) in [6, 6.07) is -0.998. The van der Waals surface area contributed by atoms with Crippen LogP contribution in [0.3, 0.4) is 0 Å². The summed E-state index contributed by atoms with van der Waals surface area (Å²) in [7, 11) is 5.53. The Labute approximate surface area is 276 Å². The van der Waals surface area contributed by atoms with Gasteiger partial charge in [-0.05, 0) is 31.5 Å². The van der Waals surface area contributed by atoms with Crippen LogP contribution in [0.15, 0.2) is 11.9 Å². The summed E-state index contributed by atoms with van der Waals surface area (Å²) in [5.41, 5.74) is 6.42. The standard InChI is InChI=1S/C30H58N9O6P/c1-8-26(43)38(7)19-24(33-5)29(45)37(6)14-16-46-20-22(31)18-39(32)27(30(2,3)4)23(11-9-10-12-34-21-41)28(44)36-17-25(42)35-13-15-40/h15,18,21,23-24,27,33,46H,8-14,16-17,19-20,31-32H2,1-7H3,(H,34,41)(H,35,42)(H,36,44)/b22-18-/t23?,24-,27?/m1/s1. The van der Waals surface area contributed by atoms with Gasteiger partial charge in [-0.25, -0.2) is 5.84 Å². The predicted octanol–water partition coefficient (Wildman–Crippen LogP) is -1.07. The van der Waals surface area contributed by atoms with Crippen molar-refractivity contribution in [3.05, 3.63) is 11.9 Å². The van der Waals surface area contributed by atoms with Crippen LogP contribution >= 0.6 is 8.58 Å². The molecule has 8 N–H and O–H groups in total. The van der Waals surface area contributed by atoms with Crippen LogP contribution < -0.4 is 32.8 Å². The van der Waals surface area contributed by atoms with Crippen molar-refractivity contribution in [2.45, 2.75) is 65.5 Å². The van der Waals surface area contributed by atoms with Crippen LogP contribution in [0.4, 0.5) is 0 Å². The fraction of sp³-hybridized carbons (Fsp3) is 0.733. The lowest BCUT2D eigenvalue weighted by molar-refractivity contribution is -0.134. The van der Waals surface area contributed by atoms with E-state index in [2.05, 4.69) is 21.3 Å². The first kappa shape index (κ1) is 42.7. The van der Waals surface area contributed by atoms with E-state index in [9.17, 15) is 28.8 Å². The van der Waals surface area contributed by atoms with Crippen LogP contribution in [0.5, 0.6) is 0 Å². The summed E-state index contributed by atoms with van der Waals surface area (Å²) >= 11 is 0. The molecular formula is C30H58N9O6P. The summed E-state index contributed by atoms with van der Waals surface area (Å²) in [5.74, 6) is 4.99. The van der Waals surface area contributed by atoms with Gasteiger partial charge >= 0.3 is 0 Å². The maximum Gasteiger partial charge on any atom is 0.241 e. The molecule has 0 aliphatic heterocycles. The van der Waals surface area contributed by atoms with Crippen molar-refractivity contribution in [3.63, 3.8) is 0 Å². The van der Waals surface area contributed by atoms with Gasteiger partial charge in [0.25, 0.3) is 0 Å². The van der Waals surface area contributed by atoms with E-state index in [0.29, 0.717) is 71.9 Å². The second-order valence-electron chi connectivity index (χ2n) is 12.2. The number of allylic oxidation sites excluding steroid dienone is 1. The summed E-state index contributed by atoms with van der Waals surface area (Å²) < 4.78 is 0. The highest BCUT2D eigenvalue weighted by atomic mass is 31.1. The van der Waals surface area contributed by atoms with E-state index >= 15 is 0 Å². The van der Waals surface area contributed by atoms with E-state index in [1.54, 1.807) is 44.1 Å². The molecule has 0 spiro atoms. The molecule has 264 valence electrons. The highest BCUT2D eigenvalue weighted by Gasteiger charge is 2.39. The largest absolute Gasteiger partial charge is 0.401 e. The molecule has 3 unspecified atom stereocenters. The Kier molecular flexibility index (Phi) is 21.4. The van der Waals surface area contributed by atoms with E-state index in [1.165, 1.54) is 5.01 Å². The Balaban J connectivity index is 5.46. The van der Waals surface area contributed by atoms with Crippen molar-refractivity contribution in [1.29, 1.82) is 0 Å². The average Bonchev–Trinajstić information content (AvgIpc) is 3.00. The summed E-state index contributed by atoms with van der Waals surface area (Å²) in [5, 5.41) is 12.2. The molecule has 0 aliphatic carbocycles. The average molecular weight is 672 g/mol. The third kappa shape index (κ3) is 16.9. The van der Waals surface area contributed by atoms with Gasteiger partial charge in [0, 0.05) is 58.2 Å². The number of hydrazine groups is 1. The van der Waals surface area contributed by atoms with E-state index in [1.807, 2.05) is 20.8 Å². The number of carbonyl (C=O) groups excluding carboxylic acids is 6. The second kappa shape index (κ2) is 23.1. The molecule has 0 aromatic carbocycles. The molecule has 0 rings (SSSR count). The Bertz CT molecular complexity index is 1010. The van der Waals surface area contributed by atoms with Gasteiger partial charge in [0.15, 0.2) is 0 Å². The van der Waals surface area contributed by atoms with Crippen molar-refractivity contribution in [2.75, 3.05) is 66.2 Å². The first-order chi connectivity index (χ1) is 21.6. The number of nitrogens with two attached hydrogens (primary N) is 2. The number of nitrogens with one attached hydrogen (secondary N) is 4. The molecule has 0 saturated carbocycles. The van der Waals surface area contributed by atoms with Crippen LogP contribution in [-0.2, 0) is 28.8 Å². The normalized spacial score (nSPS) is 13.8. The minimum atomic E-state index is -0.613. The van der Waals surface area contributed by atoms with Gasteiger partial charge < -0.3 is 46.6 Å². The number of amides is 5. The molecule has 5 amide bonds. The first-order valence-electron chi connectivity index (χ1n) is 15.7. The Hall–Kier alpha value is -3.29. The zero-order valence-electron chi connectivity index (χ0n) is 28.7. The molecule has 0 aromatic heterocycles. The molecule has 0 aromatic rings. The molecule has 0 bridgehead atoms. The topological polar surface area (TPSA) is 212 Å². The van der Waals surface area contributed by atoms with Crippen LogP contribution in [-0.4, -0.2) is 129 Å². The quantitative estimate of drug-likeness (QED) is 0.0241. The molecule has 16 heteroatoms. The smallest absolute Gasteiger partial charge is 0.241 e. The van der Waals surface area contributed by atoms with Gasteiger partial charge in [0.1, 0.15) is 12.3 Å². The van der Waals surface area contributed by atoms with Crippen molar-refractivity contribution < 1.29 is 28.8 Å². The molecule has 0 radical (unpaired) electrons. The summed E-state index contributed by atoms with van der Waals surface area (Å²) in [4.78, 5) is 74.6. The van der Waals surface area contributed by atoms with Gasteiger partial charge in [0.05, 0.1) is 25.0 Å². The monoisotopic (exact) mass is 671 g/mol. The lowest BCUT2D eigenvalue weighted by Gasteiger charge is -2.41. The number of hydrogen-bond acceptors (Lipinski definition) is 10. The number of carbonyl (C=O) groups is 6. The minimum absolute atomic E-state index is 0.0283. The molecular weight excluding hydrogens is 613 g/mol. The minimum Gasteiger partial charge on any atom is -0.401 e. The lowest BCUT2D eigenvalue weighted by atomic mass is 9.76. The Morgan fingerprint density at radius 1 is 1.02 bits per heavy atom. The van der Waals surface area contributed by atoms with Crippen molar-refractivity contribution >= 4 is 44.9 Å². The van der Waals surface area contributed by atoms with E-state index in [0.717, 1.165) is 6.16 Å². The van der Waals surface area contributed by atoms with Gasteiger partial charge in [0.2, 0.25) is 30.0 Å². The summed E-state index contributed by atoms with van der Waals surface area (Å²) in [6.07, 6.45) is 6.19. The second-order valence-corrected chi connectivity index (χ2v) is 13.6. The van der Waals surface area contributed by atoms with Crippen LogP contribution in [0.25, 0.3) is 0 Å². The van der Waals surface area contributed by atoms with Gasteiger partial charge in [-0.15, -0.1) is 8.58 Å². The van der Waals surface area contributed by atoms with E-state index in [-0.39, 0.29) is 37.4 Å². The number of aldehydes is 1. The molecule has 4 atom stereocenters. The molecule has 0 saturated heterocycles. The lowest BCUT2D eigenvalue weighted by Crippen LogP contribution is -2.55. The number of rotatable bonds is 24. The molecule has 0 aliphatic rings. The number of nitrogens with zero attached hydrogens (tertiary/aromatic N) is 3. The van der Waals surface area contributed by atoms with E-state index < -0.39 is 29.3 Å².